The number of rotatable bonds is 7. The van der Waals surface area contributed by atoms with Crippen molar-refractivity contribution in [3.63, 3.8) is 0 Å². The van der Waals surface area contributed by atoms with Gasteiger partial charge in [-0.3, -0.25) is 9.52 Å². The van der Waals surface area contributed by atoms with E-state index in [-0.39, 0.29) is 40.5 Å². The summed E-state index contributed by atoms with van der Waals surface area (Å²) < 4.78 is 27.6. The minimum absolute atomic E-state index is 0. The van der Waals surface area contributed by atoms with Gasteiger partial charge in [0.05, 0.1) is 16.1 Å². The fourth-order valence-electron chi connectivity index (χ4n) is 2.70. The van der Waals surface area contributed by atoms with Gasteiger partial charge in [-0.05, 0) is 55.2 Å². The average molecular weight is 430 g/mol. The molecule has 0 aromatic heterocycles. The van der Waals surface area contributed by atoms with Gasteiger partial charge in [0, 0.05) is 17.6 Å². The van der Waals surface area contributed by atoms with E-state index in [2.05, 4.69) is 10.0 Å². The molecule has 6 nitrogen and oxygen atoms in total. The standard InChI is InChI=1S/C18H20ClN3O3S.ClH/c19-13-7-9-14(10-8-13)26(24,25)22-16-4-2-1-3-15(16)18(23)21-17(11-20)12-5-6-12;/h1-4,7-10,12,17,22H,5-6,11,20H2,(H,21,23);1H. The van der Waals surface area contributed by atoms with E-state index in [0.29, 0.717) is 17.5 Å². The van der Waals surface area contributed by atoms with Crippen molar-refractivity contribution in [2.24, 2.45) is 11.7 Å². The second-order valence-corrected chi connectivity index (χ2v) is 8.38. The molecule has 4 N–H and O–H groups in total. The molecule has 1 atom stereocenters. The maximum absolute atomic E-state index is 12.6. The Kier molecular flexibility index (Phi) is 7.11. The van der Waals surface area contributed by atoms with Crippen LogP contribution in [-0.4, -0.2) is 26.9 Å². The van der Waals surface area contributed by atoms with Crippen molar-refractivity contribution in [2.45, 2.75) is 23.8 Å². The molecule has 0 spiro atoms. The Morgan fingerprint density at radius 3 is 2.37 bits per heavy atom. The van der Waals surface area contributed by atoms with E-state index < -0.39 is 10.0 Å². The number of benzene rings is 2. The zero-order valence-corrected chi connectivity index (χ0v) is 16.8. The molecule has 1 amide bonds. The number of anilines is 1. The molecule has 2 aromatic rings. The van der Waals surface area contributed by atoms with E-state index >= 15 is 0 Å². The number of para-hydroxylation sites is 1. The van der Waals surface area contributed by atoms with Gasteiger partial charge in [-0.15, -0.1) is 12.4 Å². The molecule has 0 radical (unpaired) electrons. The summed E-state index contributed by atoms with van der Waals surface area (Å²) in [5.74, 6) is 0.0589. The molecule has 1 aliphatic carbocycles. The van der Waals surface area contributed by atoms with Gasteiger partial charge < -0.3 is 11.1 Å². The Labute approximate surface area is 169 Å². The molecular weight excluding hydrogens is 409 g/mol. The van der Waals surface area contributed by atoms with Gasteiger partial charge in [-0.1, -0.05) is 23.7 Å². The topological polar surface area (TPSA) is 101 Å². The Morgan fingerprint density at radius 2 is 1.78 bits per heavy atom. The highest BCUT2D eigenvalue weighted by atomic mass is 35.5. The number of halogens is 2. The number of amides is 1. The third kappa shape index (κ3) is 5.35. The summed E-state index contributed by atoms with van der Waals surface area (Å²) in [5.41, 5.74) is 6.20. The van der Waals surface area contributed by atoms with E-state index in [0.717, 1.165) is 12.8 Å². The summed E-state index contributed by atoms with van der Waals surface area (Å²) in [7, 11) is -3.84. The molecule has 1 aliphatic rings. The van der Waals surface area contributed by atoms with E-state index in [4.69, 9.17) is 17.3 Å². The van der Waals surface area contributed by atoms with Crippen LogP contribution in [0.5, 0.6) is 0 Å². The van der Waals surface area contributed by atoms with Gasteiger partial charge in [0.25, 0.3) is 15.9 Å². The first-order chi connectivity index (χ1) is 12.4. The van der Waals surface area contributed by atoms with Crippen molar-refractivity contribution in [1.29, 1.82) is 0 Å². The minimum atomic E-state index is -3.84. The first-order valence-corrected chi connectivity index (χ1v) is 10.1. The fraction of sp³-hybridized carbons (Fsp3) is 0.278. The number of sulfonamides is 1. The highest BCUT2D eigenvalue weighted by molar-refractivity contribution is 7.92. The van der Waals surface area contributed by atoms with Crippen molar-refractivity contribution in [3.05, 3.63) is 59.1 Å². The van der Waals surface area contributed by atoms with Crippen LogP contribution >= 0.6 is 24.0 Å². The molecule has 146 valence electrons. The summed E-state index contributed by atoms with van der Waals surface area (Å²) in [5, 5.41) is 3.34. The predicted molar refractivity (Wildman–Crippen MR) is 109 cm³/mol. The van der Waals surface area contributed by atoms with E-state index in [9.17, 15) is 13.2 Å². The van der Waals surface area contributed by atoms with Crippen molar-refractivity contribution in [2.75, 3.05) is 11.3 Å². The highest BCUT2D eigenvalue weighted by Gasteiger charge is 2.32. The van der Waals surface area contributed by atoms with Crippen LogP contribution in [0.1, 0.15) is 23.2 Å². The van der Waals surface area contributed by atoms with Crippen molar-refractivity contribution in [1.82, 2.24) is 5.32 Å². The van der Waals surface area contributed by atoms with Crippen LogP contribution in [-0.2, 0) is 10.0 Å². The molecule has 3 rings (SSSR count). The van der Waals surface area contributed by atoms with Crippen LogP contribution in [0.2, 0.25) is 5.02 Å². The molecule has 1 unspecified atom stereocenters. The second-order valence-electron chi connectivity index (χ2n) is 6.26. The maximum atomic E-state index is 12.6. The molecule has 0 bridgehead atoms. The predicted octanol–water partition coefficient (Wildman–Crippen LogP) is 3.03. The summed E-state index contributed by atoms with van der Waals surface area (Å²) in [4.78, 5) is 12.7. The molecule has 0 saturated heterocycles. The van der Waals surface area contributed by atoms with Gasteiger partial charge >= 0.3 is 0 Å². The van der Waals surface area contributed by atoms with Gasteiger partial charge in [0.1, 0.15) is 0 Å². The number of carbonyl (C=O) groups excluding carboxylic acids is 1. The highest BCUT2D eigenvalue weighted by Crippen LogP contribution is 2.32. The van der Waals surface area contributed by atoms with Crippen molar-refractivity contribution in [3.8, 4) is 0 Å². The van der Waals surface area contributed by atoms with Crippen LogP contribution in [0.25, 0.3) is 0 Å². The zero-order valence-electron chi connectivity index (χ0n) is 14.4. The van der Waals surface area contributed by atoms with Crippen molar-refractivity contribution >= 4 is 45.6 Å². The summed E-state index contributed by atoms with van der Waals surface area (Å²) >= 11 is 5.80. The lowest BCUT2D eigenvalue weighted by molar-refractivity contribution is 0.0934. The smallest absolute Gasteiger partial charge is 0.261 e. The normalized spacial score (nSPS) is 14.7. The third-order valence-corrected chi connectivity index (χ3v) is 5.93. The van der Waals surface area contributed by atoms with Gasteiger partial charge in [0.2, 0.25) is 0 Å². The van der Waals surface area contributed by atoms with E-state index in [1.54, 1.807) is 24.3 Å². The van der Waals surface area contributed by atoms with Crippen LogP contribution < -0.4 is 15.8 Å². The van der Waals surface area contributed by atoms with Crippen molar-refractivity contribution < 1.29 is 13.2 Å². The Balaban J connectivity index is 0.00000261. The number of hydrogen-bond donors (Lipinski definition) is 3. The quantitative estimate of drug-likeness (QED) is 0.629. The Bertz CT molecular complexity index is 900. The largest absolute Gasteiger partial charge is 0.348 e. The lowest BCUT2D eigenvalue weighted by Gasteiger charge is -2.18. The molecular formula is C18H21Cl2N3O3S. The fourth-order valence-corrected chi connectivity index (χ4v) is 3.91. The molecule has 9 heteroatoms. The molecule has 0 heterocycles. The first-order valence-electron chi connectivity index (χ1n) is 8.29. The molecule has 0 aliphatic heterocycles. The van der Waals surface area contributed by atoms with Crippen LogP contribution in [0, 0.1) is 5.92 Å². The summed E-state index contributed by atoms with van der Waals surface area (Å²) in [6.07, 6.45) is 2.10. The summed E-state index contributed by atoms with van der Waals surface area (Å²) in [6.45, 7) is 0.356. The number of nitrogens with two attached hydrogens (primary N) is 1. The monoisotopic (exact) mass is 429 g/mol. The number of hydrogen-bond acceptors (Lipinski definition) is 4. The third-order valence-electron chi connectivity index (χ3n) is 4.30. The van der Waals surface area contributed by atoms with E-state index in [1.807, 2.05) is 0 Å². The number of carbonyl (C=O) groups is 1. The van der Waals surface area contributed by atoms with E-state index in [1.165, 1.54) is 24.3 Å². The lowest BCUT2D eigenvalue weighted by Crippen LogP contribution is -2.42. The Hall–Kier alpha value is -1.80. The zero-order chi connectivity index (χ0) is 18.7. The molecule has 27 heavy (non-hydrogen) atoms. The second kappa shape index (κ2) is 8.93. The van der Waals surface area contributed by atoms with Crippen LogP contribution in [0.3, 0.4) is 0 Å². The summed E-state index contributed by atoms with van der Waals surface area (Å²) in [6, 6.07) is 12.2. The molecule has 1 saturated carbocycles. The molecule has 2 aromatic carbocycles. The SMILES string of the molecule is Cl.NCC(NC(=O)c1ccccc1NS(=O)(=O)c1ccc(Cl)cc1)C1CC1. The van der Waals surface area contributed by atoms with Gasteiger partial charge in [-0.2, -0.15) is 0 Å². The molecule has 1 fully saturated rings. The minimum Gasteiger partial charge on any atom is -0.348 e. The Morgan fingerprint density at radius 1 is 1.15 bits per heavy atom. The van der Waals surface area contributed by atoms with Crippen LogP contribution in [0.4, 0.5) is 5.69 Å². The van der Waals surface area contributed by atoms with Gasteiger partial charge in [0.15, 0.2) is 0 Å². The first kappa shape index (κ1) is 21.5. The van der Waals surface area contributed by atoms with Crippen LogP contribution in [0.15, 0.2) is 53.4 Å². The maximum Gasteiger partial charge on any atom is 0.261 e. The average Bonchev–Trinajstić information content (AvgIpc) is 3.45. The lowest BCUT2D eigenvalue weighted by atomic mass is 10.1. The van der Waals surface area contributed by atoms with Gasteiger partial charge in [-0.25, -0.2) is 8.42 Å². The number of nitrogens with one attached hydrogen (secondary N) is 2.